The lowest BCUT2D eigenvalue weighted by Gasteiger charge is -2.31. The zero-order chi connectivity index (χ0) is 25.1. The molecule has 0 heterocycles. The molecule has 0 amide bonds. The molecule has 0 saturated heterocycles. The minimum absolute atomic E-state index is 0.0339. The quantitative estimate of drug-likeness (QED) is 0.229. The average Bonchev–Trinajstić information content (AvgIpc) is 2.71. The highest BCUT2D eigenvalue weighted by atomic mass is 31.2. The normalized spacial score (nSPS) is 20.0. The van der Waals surface area contributed by atoms with Gasteiger partial charge in [0.05, 0.1) is 18.2 Å². The van der Waals surface area contributed by atoms with E-state index in [2.05, 4.69) is 5.32 Å². The van der Waals surface area contributed by atoms with Gasteiger partial charge in [-0.25, -0.2) is 0 Å². The molecule has 12 heteroatoms. The molecule has 0 aromatic heterocycles. The van der Waals surface area contributed by atoms with Crippen molar-refractivity contribution < 1.29 is 45.4 Å². The molecule has 0 bridgehead atoms. The van der Waals surface area contributed by atoms with E-state index in [9.17, 15) is 30.9 Å². The van der Waals surface area contributed by atoms with E-state index in [0.717, 1.165) is 0 Å². The van der Waals surface area contributed by atoms with Gasteiger partial charge >= 0.3 is 19.9 Å². The Balaban J connectivity index is 1.72. The Labute approximate surface area is 192 Å². The van der Waals surface area contributed by atoms with E-state index in [1.165, 1.54) is 24.3 Å². The van der Waals surface area contributed by atoms with Gasteiger partial charge in [0.2, 0.25) is 0 Å². The second-order valence-corrected chi connectivity index (χ2v) is 10.3. The van der Waals surface area contributed by atoms with Gasteiger partial charge in [-0.2, -0.15) is 26.3 Å². The molecule has 0 spiro atoms. The topological polar surface area (TPSA) is 78.8 Å². The summed E-state index contributed by atoms with van der Waals surface area (Å²) in [6, 6.07) is 7.12. The second kappa shape index (κ2) is 10.4. The standard InChI is InChI=1S/C22H26F6NO4P/c23-21(24,25)16-4-6-17(7-5-16)33-19-9-3-15-12-14(13-29-10-1-11-34(30,31)32)2-8-18(15)20(19)22(26,27)28/h2-3,8-9,12,16-17,29H,1,4-7,10-11,13H2,(H2,30,31,32)/t16-,17+. The predicted molar refractivity (Wildman–Crippen MR) is 115 cm³/mol. The Kier molecular flexibility index (Phi) is 8.22. The highest BCUT2D eigenvalue weighted by Gasteiger charge is 2.42. The second-order valence-electron chi connectivity index (χ2n) is 8.54. The van der Waals surface area contributed by atoms with Crippen LogP contribution in [0.25, 0.3) is 10.8 Å². The van der Waals surface area contributed by atoms with E-state index in [0.29, 0.717) is 24.0 Å². The number of rotatable bonds is 8. The number of hydrogen-bond donors (Lipinski definition) is 3. The summed E-state index contributed by atoms with van der Waals surface area (Å²) in [6.45, 7) is 0.638. The zero-order valence-corrected chi connectivity index (χ0v) is 19.0. The SMILES string of the molecule is O=P(O)(O)CCCNCc1ccc2c(C(F)(F)F)c(O[C@H]3CC[C@@H](C(F)(F)F)CC3)ccc2c1. The molecule has 190 valence electrons. The van der Waals surface area contributed by atoms with Gasteiger partial charge in [-0.15, -0.1) is 0 Å². The Bertz CT molecular complexity index is 1030. The van der Waals surface area contributed by atoms with E-state index in [4.69, 9.17) is 14.5 Å². The third-order valence-electron chi connectivity index (χ3n) is 5.89. The first-order chi connectivity index (χ1) is 15.7. The lowest BCUT2D eigenvalue weighted by Crippen LogP contribution is -2.32. The highest BCUT2D eigenvalue weighted by Crippen LogP contribution is 2.44. The number of halogens is 6. The third-order valence-corrected chi connectivity index (χ3v) is 6.79. The van der Waals surface area contributed by atoms with Crippen LogP contribution in [0, 0.1) is 5.92 Å². The fraction of sp³-hybridized carbons (Fsp3) is 0.545. The molecule has 1 aliphatic carbocycles. The summed E-state index contributed by atoms with van der Waals surface area (Å²) in [5.41, 5.74) is -0.264. The van der Waals surface area contributed by atoms with E-state index >= 15 is 0 Å². The molecule has 1 aliphatic rings. The molecule has 0 unspecified atom stereocenters. The maximum absolute atomic E-state index is 13.9. The molecule has 2 aromatic carbocycles. The Morgan fingerprint density at radius 1 is 1.00 bits per heavy atom. The van der Waals surface area contributed by atoms with Crippen LogP contribution in [0.2, 0.25) is 0 Å². The van der Waals surface area contributed by atoms with Gasteiger partial charge in [0, 0.05) is 6.54 Å². The summed E-state index contributed by atoms with van der Waals surface area (Å²) in [4.78, 5) is 17.7. The Morgan fingerprint density at radius 2 is 1.68 bits per heavy atom. The van der Waals surface area contributed by atoms with Crippen LogP contribution in [-0.2, 0) is 17.3 Å². The molecular formula is C22H26F6NO4P. The fourth-order valence-corrected chi connectivity index (χ4v) is 4.76. The highest BCUT2D eigenvalue weighted by molar-refractivity contribution is 7.51. The summed E-state index contributed by atoms with van der Waals surface area (Å²) in [5.74, 6) is -1.84. The third kappa shape index (κ3) is 7.34. The number of alkyl halides is 6. The lowest BCUT2D eigenvalue weighted by atomic mass is 9.87. The van der Waals surface area contributed by atoms with Crippen molar-refractivity contribution in [2.24, 2.45) is 5.92 Å². The van der Waals surface area contributed by atoms with Crippen molar-refractivity contribution in [2.75, 3.05) is 12.7 Å². The number of ether oxygens (including phenoxy) is 1. The summed E-state index contributed by atoms with van der Waals surface area (Å²) in [7, 11) is -4.07. The Hall–Kier alpha value is -1.81. The monoisotopic (exact) mass is 513 g/mol. The van der Waals surface area contributed by atoms with Crippen LogP contribution in [0.3, 0.4) is 0 Å². The van der Waals surface area contributed by atoms with Gasteiger partial charge in [-0.1, -0.05) is 18.2 Å². The molecule has 1 fully saturated rings. The summed E-state index contributed by atoms with van der Waals surface area (Å²) >= 11 is 0. The molecular weight excluding hydrogens is 487 g/mol. The summed E-state index contributed by atoms with van der Waals surface area (Å²) in [6.07, 6.45) is -10.0. The molecule has 34 heavy (non-hydrogen) atoms. The first-order valence-corrected chi connectivity index (χ1v) is 12.7. The van der Waals surface area contributed by atoms with Crippen molar-refractivity contribution in [3.05, 3.63) is 41.5 Å². The predicted octanol–water partition coefficient (Wildman–Crippen LogP) is 6.02. The maximum Gasteiger partial charge on any atom is 0.420 e. The van der Waals surface area contributed by atoms with Crippen LogP contribution in [0.5, 0.6) is 5.75 Å². The van der Waals surface area contributed by atoms with Crippen LogP contribution in [0.15, 0.2) is 30.3 Å². The number of hydrogen-bond acceptors (Lipinski definition) is 3. The van der Waals surface area contributed by atoms with Crippen molar-refractivity contribution in [3.8, 4) is 5.75 Å². The average molecular weight is 513 g/mol. The van der Waals surface area contributed by atoms with Gasteiger partial charge in [0.15, 0.2) is 0 Å². The maximum atomic E-state index is 13.9. The lowest BCUT2D eigenvalue weighted by molar-refractivity contribution is -0.185. The zero-order valence-electron chi connectivity index (χ0n) is 18.1. The molecule has 0 radical (unpaired) electrons. The van der Waals surface area contributed by atoms with Crippen molar-refractivity contribution >= 4 is 18.4 Å². The van der Waals surface area contributed by atoms with E-state index < -0.39 is 43.3 Å². The van der Waals surface area contributed by atoms with Crippen molar-refractivity contribution in [1.82, 2.24) is 5.32 Å². The van der Waals surface area contributed by atoms with Crippen LogP contribution in [-0.4, -0.2) is 34.8 Å². The van der Waals surface area contributed by atoms with Gasteiger partial charge in [0.25, 0.3) is 0 Å². The largest absolute Gasteiger partial charge is 0.490 e. The van der Waals surface area contributed by atoms with Gasteiger partial charge in [0.1, 0.15) is 11.3 Å². The number of nitrogens with one attached hydrogen (secondary N) is 1. The fourth-order valence-electron chi connectivity index (χ4n) is 4.19. The number of benzene rings is 2. The van der Waals surface area contributed by atoms with E-state index in [-0.39, 0.29) is 43.7 Å². The van der Waals surface area contributed by atoms with Crippen LogP contribution < -0.4 is 10.1 Å². The first-order valence-electron chi connectivity index (χ1n) is 10.9. The molecule has 3 N–H and O–H groups in total. The van der Waals surface area contributed by atoms with Crippen LogP contribution in [0.1, 0.15) is 43.2 Å². The Morgan fingerprint density at radius 3 is 2.26 bits per heavy atom. The van der Waals surface area contributed by atoms with Crippen molar-refractivity contribution in [2.45, 2.75) is 57.1 Å². The molecule has 3 rings (SSSR count). The van der Waals surface area contributed by atoms with Crippen LogP contribution >= 0.6 is 7.60 Å². The van der Waals surface area contributed by atoms with Gasteiger partial charge in [-0.05, 0) is 67.1 Å². The van der Waals surface area contributed by atoms with E-state index in [1.807, 2.05) is 0 Å². The van der Waals surface area contributed by atoms with Gasteiger partial charge in [-0.3, -0.25) is 4.57 Å². The minimum atomic E-state index is -4.72. The molecule has 5 nitrogen and oxygen atoms in total. The van der Waals surface area contributed by atoms with Crippen molar-refractivity contribution in [3.63, 3.8) is 0 Å². The van der Waals surface area contributed by atoms with Gasteiger partial charge < -0.3 is 19.8 Å². The summed E-state index contributed by atoms with van der Waals surface area (Å²) in [5, 5.41) is 3.25. The van der Waals surface area contributed by atoms with E-state index in [1.54, 1.807) is 6.07 Å². The molecule has 0 atom stereocenters. The smallest absolute Gasteiger partial charge is 0.420 e. The number of fused-ring (bicyclic) bond motifs is 1. The molecule has 1 saturated carbocycles. The minimum Gasteiger partial charge on any atom is -0.490 e. The molecule has 0 aliphatic heterocycles. The van der Waals surface area contributed by atoms with Crippen LogP contribution in [0.4, 0.5) is 26.3 Å². The molecule has 2 aromatic rings. The first kappa shape index (κ1) is 26.8. The summed E-state index contributed by atoms with van der Waals surface area (Å²) < 4.78 is 96.8. The van der Waals surface area contributed by atoms with Crippen molar-refractivity contribution in [1.29, 1.82) is 0 Å².